The SMILES string of the molecule is CC1=CC(OCc2ccc(F)cc2F)=C(Cl)C(O)N1c1cccc(C(N)=O)c1. The van der Waals surface area contributed by atoms with Gasteiger partial charge in [0, 0.05) is 34.7 Å². The molecule has 0 radical (unpaired) electrons. The van der Waals surface area contributed by atoms with E-state index in [9.17, 15) is 18.7 Å². The van der Waals surface area contributed by atoms with E-state index in [-0.39, 0.29) is 28.5 Å². The Hall–Kier alpha value is -2.90. The second-order valence-electron chi connectivity index (χ2n) is 6.18. The number of carbonyl (C=O) groups is 1. The smallest absolute Gasteiger partial charge is 0.248 e. The Morgan fingerprint density at radius 1 is 1.29 bits per heavy atom. The fourth-order valence-electron chi connectivity index (χ4n) is 2.82. The molecule has 1 amide bonds. The van der Waals surface area contributed by atoms with Gasteiger partial charge in [-0.3, -0.25) is 4.79 Å². The minimum absolute atomic E-state index is 0.0161. The summed E-state index contributed by atoms with van der Waals surface area (Å²) < 4.78 is 32.3. The van der Waals surface area contributed by atoms with Gasteiger partial charge in [0.25, 0.3) is 0 Å². The fraction of sp³-hybridized carbons (Fsp3) is 0.150. The van der Waals surface area contributed by atoms with Crippen LogP contribution in [0.4, 0.5) is 14.5 Å². The number of hydrogen-bond acceptors (Lipinski definition) is 4. The van der Waals surface area contributed by atoms with Crippen LogP contribution < -0.4 is 10.6 Å². The van der Waals surface area contributed by atoms with Gasteiger partial charge < -0.3 is 20.5 Å². The third-order valence-electron chi connectivity index (χ3n) is 4.23. The molecule has 8 heteroatoms. The van der Waals surface area contributed by atoms with Crippen LogP contribution in [0.2, 0.25) is 0 Å². The van der Waals surface area contributed by atoms with Crippen LogP contribution in [0.25, 0.3) is 0 Å². The van der Waals surface area contributed by atoms with Gasteiger partial charge in [0.2, 0.25) is 5.91 Å². The molecule has 5 nitrogen and oxygen atoms in total. The molecule has 28 heavy (non-hydrogen) atoms. The number of nitrogens with two attached hydrogens (primary N) is 1. The quantitative estimate of drug-likeness (QED) is 0.792. The van der Waals surface area contributed by atoms with E-state index in [0.29, 0.717) is 11.4 Å². The Balaban J connectivity index is 1.83. The molecular weight excluding hydrogens is 390 g/mol. The zero-order chi connectivity index (χ0) is 20.4. The molecule has 0 saturated carbocycles. The predicted molar refractivity (Wildman–Crippen MR) is 101 cm³/mol. The van der Waals surface area contributed by atoms with E-state index in [1.807, 2.05) is 0 Å². The second kappa shape index (κ2) is 8.00. The number of rotatable bonds is 5. The van der Waals surface area contributed by atoms with Gasteiger partial charge in [0.05, 0.1) is 0 Å². The molecule has 1 atom stereocenters. The summed E-state index contributed by atoms with van der Waals surface area (Å²) in [5.74, 6) is -1.85. The molecule has 1 aliphatic heterocycles. The Kier molecular flexibility index (Phi) is 5.67. The molecular formula is C20H17ClF2N2O3. The number of anilines is 1. The highest BCUT2D eigenvalue weighted by molar-refractivity contribution is 6.31. The maximum atomic E-state index is 13.8. The molecule has 0 fully saturated rings. The molecule has 2 aromatic rings. The molecule has 0 aromatic heterocycles. The fourth-order valence-corrected chi connectivity index (χ4v) is 3.03. The number of benzene rings is 2. The zero-order valence-corrected chi connectivity index (χ0v) is 15.6. The Morgan fingerprint density at radius 3 is 2.71 bits per heavy atom. The van der Waals surface area contributed by atoms with Crippen LogP contribution in [0, 0.1) is 11.6 Å². The van der Waals surface area contributed by atoms with E-state index in [0.717, 1.165) is 12.1 Å². The highest BCUT2D eigenvalue weighted by atomic mass is 35.5. The monoisotopic (exact) mass is 406 g/mol. The molecule has 3 rings (SSSR count). The van der Waals surface area contributed by atoms with Crippen LogP contribution in [0.15, 0.2) is 65.0 Å². The van der Waals surface area contributed by atoms with Crippen LogP contribution in [-0.4, -0.2) is 17.2 Å². The van der Waals surface area contributed by atoms with Crippen LogP contribution in [0.3, 0.4) is 0 Å². The Morgan fingerprint density at radius 2 is 2.04 bits per heavy atom. The minimum atomic E-state index is -1.28. The largest absolute Gasteiger partial charge is 0.487 e. The predicted octanol–water partition coefficient (Wildman–Crippen LogP) is 3.77. The van der Waals surface area contributed by atoms with Gasteiger partial charge in [0.1, 0.15) is 29.0 Å². The number of ether oxygens (including phenoxy) is 1. The molecule has 0 bridgehead atoms. The first kappa shape index (κ1) is 19.9. The number of aliphatic hydroxyl groups is 1. The molecule has 0 saturated heterocycles. The molecule has 1 unspecified atom stereocenters. The minimum Gasteiger partial charge on any atom is -0.487 e. The summed E-state index contributed by atoms with van der Waals surface area (Å²) in [6, 6.07) is 9.59. The van der Waals surface area contributed by atoms with Crippen molar-refractivity contribution < 1.29 is 23.4 Å². The number of halogens is 3. The molecule has 2 aromatic carbocycles. The summed E-state index contributed by atoms with van der Waals surface area (Å²) >= 11 is 6.25. The first-order valence-corrected chi connectivity index (χ1v) is 8.67. The van der Waals surface area contributed by atoms with Crippen molar-refractivity contribution >= 4 is 23.2 Å². The number of amides is 1. The van der Waals surface area contributed by atoms with E-state index in [2.05, 4.69) is 0 Å². The average Bonchev–Trinajstić information content (AvgIpc) is 2.65. The third-order valence-corrected chi connectivity index (χ3v) is 4.62. The second-order valence-corrected chi connectivity index (χ2v) is 6.59. The number of allylic oxidation sites excluding steroid dienone is 2. The lowest BCUT2D eigenvalue weighted by molar-refractivity contribution is 0.1000. The van der Waals surface area contributed by atoms with Gasteiger partial charge in [-0.1, -0.05) is 17.7 Å². The number of hydrogen-bond donors (Lipinski definition) is 2. The molecule has 0 spiro atoms. The van der Waals surface area contributed by atoms with Crippen molar-refractivity contribution in [3.8, 4) is 0 Å². The third kappa shape index (κ3) is 4.00. The van der Waals surface area contributed by atoms with Gasteiger partial charge in [-0.25, -0.2) is 8.78 Å². The van der Waals surface area contributed by atoms with Crippen LogP contribution in [-0.2, 0) is 11.3 Å². The van der Waals surface area contributed by atoms with Gasteiger partial charge in [-0.15, -0.1) is 0 Å². The molecule has 0 aliphatic carbocycles. The Labute approximate surface area is 165 Å². The van der Waals surface area contributed by atoms with Crippen molar-refractivity contribution in [2.75, 3.05) is 4.90 Å². The van der Waals surface area contributed by atoms with Gasteiger partial charge in [-0.2, -0.15) is 0 Å². The molecule has 146 valence electrons. The highest BCUT2D eigenvalue weighted by Gasteiger charge is 2.29. The normalized spacial score (nSPS) is 16.8. The average molecular weight is 407 g/mol. The highest BCUT2D eigenvalue weighted by Crippen LogP contribution is 2.33. The summed E-state index contributed by atoms with van der Waals surface area (Å²) in [5, 5.41) is 10.6. The number of aliphatic hydroxyl groups excluding tert-OH is 1. The van der Waals surface area contributed by atoms with E-state index < -0.39 is 23.8 Å². The molecule has 3 N–H and O–H groups in total. The summed E-state index contributed by atoms with van der Waals surface area (Å²) in [6.45, 7) is 1.52. The van der Waals surface area contributed by atoms with Gasteiger partial charge in [0.15, 0.2) is 6.23 Å². The van der Waals surface area contributed by atoms with Gasteiger partial charge >= 0.3 is 0 Å². The van der Waals surface area contributed by atoms with Crippen molar-refractivity contribution in [1.29, 1.82) is 0 Å². The maximum absolute atomic E-state index is 13.8. The summed E-state index contributed by atoms with van der Waals surface area (Å²) in [5.41, 5.74) is 6.83. The molecule has 1 aliphatic rings. The van der Waals surface area contributed by atoms with E-state index in [1.54, 1.807) is 31.2 Å². The maximum Gasteiger partial charge on any atom is 0.248 e. The van der Waals surface area contributed by atoms with E-state index in [4.69, 9.17) is 22.1 Å². The molecule has 1 heterocycles. The lowest BCUT2D eigenvalue weighted by Gasteiger charge is -2.34. The van der Waals surface area contributed by atoms with Crippen molar-refractivity contribution in [2.24, 2.45) is 5.73 Å². The Bertz CT molecular complexity index is 991. The number of primary amides is 1. The topological polar surface area (TPSA) is 75.8 Å². The summed E-state index contributed by atoms with van der Waals surface area (Å²) in [6.07, 6.45) is 0.302. The first-order valence-electron chi connectivity index (χ1n) is 8.30. The summed E-state index contributed by atoms with van der Waals surface area (Å²) in [4.78, 5) is 12.9. The lowest BCUT2D eigenvalue weighted by atomic mass is 10.1. The van der Waals surface area contributed by atoms with Gasteiger partial charge in [-0.05, 0) is 37.3 Å². The van der Waals surface area contributed by atoms with Crippen molar-refractivity contribution in [1.82, 2.24) is 0 Å². The van der Waals surface area contributed by atoms with Crippen LogP contribution in [0.5, 0.6) is 0 Å². The zero-order valence-electron chi connectivity index (χ0n) is 14.8. The first-order chi connectivity index (χ1) is 13.3. The van der Waals surface area contributed by atoms with Crippen molar-refractivity contribution in [2.45, 2.75) is 19.8 Å². The number of carbonyl (C=O) groups excluding carboxylic acids is 1. The van der Waals surface area contributed by atoms with Crippen molar-refractivity contribution in [3.63, 3.8) is 0 Å². The van der Waals surface area contributed by atoms with Crippen molar-refractivity contribution in [3.05, 3.63) is 87.8 Å². The van der Waals surface area contributed by atoms with Crippen LogP contribution in [0.1, 0.15) is 22.8 Å². The summed E-state index contributed by atoms with van der Waals surface area (Å²) in [7, 11) is 0. The number of nitrogens with zero attached hydrogens (tertiary/aromatic N) is 1. The standard InChI is InChI=1S/C20H17ClF2N2O3/c1-11-7-17(28-10-13-5-6-14(22)9-16(13)23)18(21)20(27)25(11)15-4-2-3-12(8-15)19(24)26/h2-9,20,27H,10H2,1H3,(H2,24,26). The van der Waals surface area contributed by atoms with E-state index in [1.165, 1.54) is 17.0 Å². The lowest BCUT2D eigenvalue weighted by Crippen LogP contribution is -2.37. The van der Waals surface area contributed by atoms with E-state index >= 15 is 0 Å². The van der Waals surface area contributed by atoms with Crippen LogP contribution >= 0.6 is 11.6 Å².